The number of hydrogen-bond donors (Lipinski definition) is 1. The van der Waals surface area contributed by atoms with E-state index in [0.29, 0.717) is 5.92 Å². The van der Waals surface area contributed by atoms with Crippen LogP contribution in [-0.2, 0) is 11.2 Å². The minimum absolute atomic E-state index is 0.226. The molecule has 0 radical (unpaired) electrons. The van der Waals surface area contributed by atoms with Gasteiger partial charge < -0.3 is 5.32 Å². The summed E-state index contributed by atoms with van der Waals surface area (Å²) in [4.78, 5) is 12.2. The summed E-state index contributed by atoms with van der Waals surface area (Å²) in [6.07, 6.45) is 11.4. The second kappa shape index (κ2) is 8.97. The maximum absolute atomic E-state index is 12.2. The first-order valence-electron chi connectivity index (χ1n) is 9.14. The van der Waals surface area contributed by atoms with E-state index >= 15 is 0 Å². The maximum atomic E-state index is 12.2. The van der Waals surface area contributed by atoms with E-state index in [4.69, 9.17) is 0 Å². The molecule has 0 spiro atoms. The summed E-state index contributed by atoms with van der Waals surface area (Å²) in [7, 11) is 0. The second-order valence-corrected chi connectivity index (χ2v) is 6.70. The molecule has 0 saturated heterocycles. The van der Waals surface area contributed by atoms with Crippen LogP contribution in [0.15, 0.2) is 24.3 Å². The summed E-state index contributed by atoms with van der Waals surface area (Å²) < 4.78 is 0. The number of rotatable bonds is 10. The van der Waals surface area contributed by atoms with Crippen molar-refractivity contribution in [1.29, 1.82) is 0 Å². The molecule has 0 aliphatic heterocycles. The molecule has 0 heterocycles. The van der Waals surface area contributed by atoms with Crippen molar-refractivity contribution < 1.29 is 4.79 Å². The van der Waals surface area contributed by atoms with Crippen LogP contribution in [0.2, 0.25) is 0 Å². The number of carbonyl (C=O) groups excluding carboxylic acids is 1. The van der Waals surface area contributed by atoms with Crippen LogP contribution in [0.1, 0.15) is 70.8 Å². The quantitative estimate of drug-likeness (QED) is 0.562. The fourth-order valence-electron chi connectivity index (χ4n) is 3.18. The van der Waals surface area contributed by atoms with Gasteiger partial charge in [-0.3, -0.25) is 4.79 Å². The molecule has 2 nitrogen and oxygen atoms in total. The highest BCUT2D eigenvalue weighted by Crippen LogP contribution is 2.43. The number of nitrogens with one attached hydrogen (secondary N) is 1. The van der Waals surface area contributed by atoms with E-state index in [0.717, 1.165) is 18.5 Å². The molecule has 1 aliphatic rings. The molecule has 122 valence electrons. The number of anilines is 1. The normalized spacial score (nSPS) is 19.9. The van der Waals surface area contributed by atoms with Crippen molar-refractivity contribution >= 4 is 11.6 Å². The lowest BCUT2D eigenvalue weighted by molar-refractivity contribution is -0.117. The summed E-state index contributed by atoms with van der Waals surface area (Å²) in [6.45, 7) is 4.39. The molecule has 1 aromatic rings. The molecule has 1 saturated carbocycles. The van der Waals surface area contributed by atoms with E-state index < -0.39 is 0 Å². The lowest BCUT2D eigenvalue weighted by Crippen LogP contribution is -2.14. The Morgan fingerprint density at radius 3 is 2.68 bits per heavy atom. The highest BCUT2D eigenvalue weighted by Gasteiger charge is 2.42. The van der Waals surface area contributed by atoms with Crippen LogP contribution in [0.3, 0.4) is 0 Å². The van der Waals surface area contributed by atoms with Crippen LogP contribution >= 0.6 is 0 Å². The third-order valence-corrected chi connectivity index (χ3v) is 4.79. The van der Waals surface area contributed by atoms with Gasteiger partial charge in [-0.15, -0.1) is 0 Å². The summed E-state index contributed by atoms with van der Waals surface area (Å²) >= 11 is 0. The number of carbonyl (C=O) groups is 1. The van der Waals surface area contributed by atoms with E-state index in [9.17, 15) is 4.79 Å². The van der Waals surface area contributed by atoms with Crippen LogP contribution in [0.5, 0.6) is 0 Å². The second-order valence-electron chi connectivity index (χ2n) is 6.70. The third kappa shape index (κ3) is 5.47. The highest BCUT2D eigenvalue weighted by atomic mass is 16.2. The summed E-state index contributed by atoms with van der Waals surface area (Å²) in [6, 6.07) is 8.20. The third-order valence-electron chi connectivity index (χ3n) is 4.79. The number of hydrogen-bond acceptors (Lipinski definition) is 1. The Kier molecular flexibility index (Phi) is 6.95. The minimum atomic E-state index is 0.226. The first kappa shape index (κ1) is 17.1. The van der Waals surface area contributed by atoms with Gasteiger partial charge in [-0.25, -0.2) is 0 Å². The molecule has 0 aromatic heterocycles. The van der Waals surface area contributed by atoms with Gasteiger partial charge in [0.1, 0.15) is 0 Å². The maximum Gasteiger partial charge on any atom is 0.227 e. The van der Waals surface area contributed by atoms with Crippen molar-refractivity contribution in [3.63, 3.8) is 0 Å². The lowest BCUT2D eigenvalue weighted by atomic mass is 10.1. The molecule has 1 amide bonds. The Morgan fingerprint density at radius 1 is 1.14 bits per heavy atom. The van der Waals surface area contributed by atoms with Crippen LogP contribution in [0, 0.1) is 11.8 Å². The van der Waals surface area contributed by atoms with Gasteiger partial charge in [0.2, 0.25) is 5.91 Å². The van der Waals surface area contributed by atoms with Gasteiger partial charge in [0.15, 0.2) is 0 Å². The van der Waals surface area contributed by atoms with E-state index in [1.807, 2.05) is 12.1 Å². The zero-order valence-corrected chi connectivity index (χ0v) is 14.2. The Hall–Kier alpha value is -1.31. The minimum Gasteiger partial charge on any atom is -0.326 e. The molecule has 1 N–H and O–H groups in total. The Labute approximate surface area is 135 Å². The van der Waals surface area contributed by atoms with Gasteiger partial charge in [-0.05, 0) is 42.9 Å². The van der Waals surface area contributed by atoms with Crippen molar-refractivity contribution in [3.05, 3.63) is 29.8 Å². The van der Waals surface area contributed by atoms with Crippen LogP contribution in [0.4, 0.5) is 5.69 Å². The SMILES string of the molecule is CCCCCCCCC1CC1C(=O)Nc1cccc(CC)c1. The topological polar surface area (TPSA) is 29.1 Å². The summed E-state index contributed by atoms with van der Waals surface area (Å²) in [5, 5.41) is 3.09. The van der Waals surface area contributed by atoms with E-state index in [2.05, 4.69) is 31.3 Å². The molecule has 1 fully saturated rings. The standard InChI is InChI=1S/C20H31NO/c1-3-5-6-7-8-9-12-17-15-19(17)20(22)21-18-13-10-11-16(4-2)14-18/h10-11,13-14,17,19H,3-9,12,15H2,1-2H3,(H,21,22). The smallest absolute Gasteiger partial charge is 0.227 e. The molecule has 22 heavy (non-hydrogen) atoms. The molecule has 1 aliphatic carbocycles. The van der Waals surface area contributed by atoms with Gasteiger partial charge in [0, 0.05) is 11.6 Å². The van der Waals surface area contributed by atoms with Crippen molar-refractivity contribution in [2.45, 2.75) is 71.6 Å². The van der Waals surface area contributed by atoms with Gasteiger partial charge >= 0.3 is 0 Å². The van der Waals surface area contributed by atoms with Crippen LogP contribution in [0.25, 0.3) is 0 Å². The van der Waals surface area contributed by atoms with Crippen LogP contribution < -0.4 is 5.32 Å². The van der Waals surface area contributed by atoms with Crippen molar-refractivity contribution in [1.82, 2.24) is 0 Å². The molecule has 0 bridgehead atoms. The first-order chi connectivity index (χ1) is 10.7. The largest absolute Gasteiger partial charge is 0.326 e. The lowest BCUT2D eigenvalue weighted by Gasteiger charge is -2.06. The Bertz CT molecular complexity index is 469. The summed E-state index contributed by atoms with van der Waals surface area (Å²) in [5.74, 6) is 1.13. The number of amides is 1. The molecule has 2 unspecified atom stereocenters. The monoisotopic (exact) mass is 301 g/mol. The van der Waals surface area contributed by atoms with Crippen molar-refractivity contribution in [3.8, 4) is 0 Å². The van der Waals surface area contributed by atoms with E-state index in [1.165, 1.54) is 50.5 Å². The number of unbranched alkanes of at least 4 members (excludes halogenated alkanes) is 5. The molecule has 2 heteroatoms. The molecule has 2 atom stereocenters. The predicted octanol–water partition coefficient (Wildman–Crippen LogP) is 5.57. The average Bonchev–Trinajstić information content (AvgIpc) is 3.30. The Morgan fingerprint density at radius 2 is 1.91 bits per heavy atom. The van der Waals surface area contributed by atoms with Crippen molar-refractivity contribution in [2.75, 3.05) is 5.32 Å². The van der Waals surface area contributed by atoms with Crippen molar-refractivity contribution in [2.24, 2.45) is 11.8 Å². The van der Waals surface area contributed by atoms with Gasteiger partial charge in [-0.2, -0.15) is 0 Å². The molecular weight excluding hydrogens is 270 g/mol. The van der Waals surface area contributed by atoms with Gasteiger partial charge in [0.25, 0.3) is 0 Å². The van der Waals surface area contributed by atoms with E-state index in [1.54, 1.807) is 0 Å². The molecule has 2 rings (SSSR count). The van der Waals surface area contributed by atoms with Gasteiger partial charge in [-0.1, -0.05) is 64.5 Å². The first-order valence-corrected chi connectivity index (χ1v) is 9.14. The average molecular weight is 301 g/mol. The van der Waals surface area contributed by atoms with Gasteiger partial charge in [0.05, 0.1) is 0 Å². The molecule has 1 aromatic carbocycles. The number of benzene rings is 1. The highest BCUT2D eigenvalue weighted by molar-refractivity contribution is 5.94. The molecular formula is C20H31NO. The fourth-order valence-corrected chi connectivity index (χ4v) is 3.18. The fraction of sp³-hybridized carbons (Fsp3) is 0.650. The summed E-state index contributed by atoms with van der Waals surface area (Å²) in [5.41, 5.74) is 2.23. The zero-order chi connectivity index (χ0) is 15.8. The number of aryl methyl sites for hydroxylation is 1. The zero-order valence-electron chi connectivity index (χ0n) is 14.2. The van der Waals surface area contributed by atoms with Crippen LogP contribution in [-0.4, -0.2) is 5.91 Å². The van der Waals surface area contributed by atoms with E-state index in [-0.39, 0.29) is 11.8 Å². The Balaban J connectivity index is 1.63. The predicted molar refractivity (Wildman–Crippen MR) is 94.0 cm³/mol.